The molecule has 3 aromatic rings. The third-order valence-corrected chi connectivity index (χ3v) is 2.85. The summed E-state index contributed by atoms with van der Waals surface area (Å²) in [4.78, 5) is 0. The van der Waals surface area contributed by atoms with Crippen LogP contribution in [0.25, 0.3) is 22.1 Å². The van der Waals surface area contributed by atoms with Crippen molar-refractivity contribution in [1.82, 2.24) is 0 Å². The summed E-state index contributed by atoms with van der Waals surface area (Å²) in [5, 5.41) is 2.21. The van der Waals surface area contributed by atoms with Gasteiger partial charge in [0.25, 0.3) is 11.5 Å². The average molecular weight is 417 g/mol. The van der Waals surface area contributed by atoms with Gasteiger partial charge in [0, 0.05) is 17.9 Å². The molecular formula is C16H12AuO+. The molecular weight excluding hydrogens is 405 g/mol. The Morgan fingerprint density at radius 3 is 2.33 bits per heavy atom. The summed E-state index contributed by atoms with van der Waals surface area (Å²) in [6.07, 6.45) is 0. The minimum absolute atomic E-state index is 0. The minimum atomic E-state index is 0. The van der Waals surface area contributed by atoms with Crippen LogP contribution in [0.1, 0.15) is 5.76 Å². The molecule has 0 saturated heterocycles. The summed E-state index contributed by atoms with van der Waals surface area (Å²) in [6.45, 7) is 1.99. The molecule has 2 heteroatoms. The van der Waals surface area contributed by atoms with Crippen LogP contribution in [-0.4, -0.2) is 0 Å². The first kappa shape index (κ1) is 13.0. The molecule has 1 nitrogen and oxygen atoms in total. The zero-order valence-electron chi connectivity index (χ0n) is 9.91. The third-order valence-electron chi connectivity index (χ3n) is 2.85. The molecule has 0 amide bonds. The molecule has 3 rings (SSSR count). The average Bonchev–Trinajstić information content (AvgIpc) is 2.40. The first-order valence-electron chi connectivity index (χ1n) is 5.65. The van der Waals surface area contributed by atoms with Crippen LogP contribution >= 0.6 is 0 Å². The van der Waals surface area contributed by atoms with Crippen molar-refractivity contribution >= 4 is 10.8 Å². The van der Waals surface area contributed by atoms with Crippen LogP contribution in [-0.2, 0) is 22.4 Å². The van der Waals surface area contributed by atoms with E-state index in [-0.39, 0.29) is 22.4 Å². The van der Waals surface area contributed by atoms with Crippen LogP contribution in [0.4, 0.5) is 0 Å². The standard InChI is InChI=1S/C16H12O.Au/c1-12-15-10-6-5-9-14(15)11-16(17-12)13-7-3-2-4-8-13;/h2-10H,1H3;/q;+1. The molecule has 0 N–H and O–H groups in total. The summed E-state index contributed by atoms with van der Waals surface area (Å²) >= 11 is 0. The van der Waals surface area contributed by atoms with Gasteiger partial charge in [-0.3, -0.25) is 0 Å². The second-order valence-electron chi connectivity index (χ2n) is 4.02. The normalized spacial score (nSPS) is 10.1. The number of hydrogen-bond donors (Lipinski definition) is 0. The van der Waals surface area contributed by atoms with Crippen molar-refractivity contribution in [1.29, 1.82) is 0 Å². The number of rotatable bonds is 1. The molecule has 0 unspecified atom stereocenters. The van der Waals surface area contributed by atoms with Gasteiger partial charge in [0.15, 0.2) is 0 Å². The Bertz CT molecular complexity index is 662. The smallest absolute Gasteiger partial charge is 0.243 e. The molecule has 92 valence electrons. The maximum absolute atomic E-state index is 5.82. The van der Waals surface area contributed by atoms with Gasteiger partial charge in [-0.25, -0.2) is 4.42 Å². The maximum atomic E-state index is 5.82. The van der Waals surface area contributed by atoms with Gasteiger partial charge in [0.1, 0.15) is 0 Å². The van der Waals surface area contributed by atoms with Crippen LogP contribution in [0.15, 0.2) is 59.0 Å². The molecule has 0 fully saturated rings. The van der Waals surface area contributed by atoms with Gasteiger partial charge in [-0.1, -0.05) is 42.5 Å². The largest absolute Gasteiger partial charge is 1.00 e. The van der Waals surface area contributed by atoms with E-state index in [4.69, 9.17) is 4.42 Å². The number of aryl methyl sites for hydroxylation is 1. The molecule has 0 bridgehead atoms. The Labute approximate surface area is 122 Å². The molecule has 1 aromatic heterocycles. The number of fused-ring (bicyclic) bond motifs is 1. The van der Waals surface area contributed by atoms with E-state index in [9.17, 15) is 0 Å². The predicted octanol–water partition coefficient (Wildman–Crippen LogP) is 4.49. The molecule has 2 aromatic carbocycles. The fraction of sp³-hybridized carbons (Fsp3) is 0.0625. The maximum Gasteiger partial charge on any atom is 1.00 e. The summed E-state index contributed by atoms with van der Waals surface area (Å²) in [6, 6.07) is 21.5. The van der Waals surface area contributed by atoms with Gasteiger partial charge in [-0.15, -0.1) is 17.5 Å². The van der Waals surface area contributed by atoms with Crippen molar-refractivity contribution in [2.75, 3.05) is 0 Å². The Hall–Kier alpha value is -1.41. The van der Waals surface area contributed by atoms with Crippen molar-refractivity contribution in [2.45, 2.75) is 6.92 Å². The first-order valence-corrected chi connectivity index (χ1v) is 5.65. The van der Waals surface area contributed by atoms with Gasteiger partial charge in [-0.05, 0) is 6.07 Å². The second-order valence-corrected chi connectivity index (χ2v) is 4.02. The van der Waals surface area contributed by atoms with Crippen LogP contribution in [0.3, 0.4) is 0 Å². The molecule has 0 radical (unpaired) electrons. The molecule has 0 saturated carbocycles. The summed E-state index contributed by atoms with van der Waals surface area (Å²) in [5.74, 6) is 1.72. The molecule has 0 atom stereocenters. The third kappa shape index (κ3) is 2.39. The van der Waals surface area contributed by atoms with Crippen molar-refractivity contribution in [3.8, 4) is 11.3 Å². The predicted molar refractivity (Wildman–Crippen MR) is 69.6 cm³/mol. The Morgan fingerprint density at radius 2 is 1.56 bits per heavy atom. The Morgan fingerprint density at radius 1 is 0.889 bits per heavy atom. The fourth-order valence-corrected chi connectivity index (χ4v) is 1.98. The number of benzene rings is 2. The van der Waals surface area contributed by atoms with E-state index in [0.717, 1.165) is 27.9 Å². The summed E-state index contributed by atoms with van der Waals surface area (Å²) < 4.78 is 5.82. The molecule has 18 heavy (non-hydrogen) atoms. The van der Waals surface area contributed by atoms with E-state index in [1.807, 2.05) is 49.4 Å². The zero-order valence-corrected chi connectivity index (χ0v) is 12.1. The van der Waals surface area contributed by atoms with Gasteiger partial charge in [-0.2, -0.15) is 0 Å². The quantitative estimate of drug-likeness (QED) is 0.323. The zero-order chi connectivity index (χ0) is 11.7. The van der Waals surface area contributed by atoms with E-state index in [0.29, 0.717) is 0 Å². The Kier molecular flexibility index (Phi) is 3.97. The van der Waals surface area contributed by atoms with Crippen molar-refractivity contribution in [3.63, 3.8) is 0 Å². The van der Waals surface area contributed by atoms with Gasteiger partial charge in [0.05, 0.1) is 0 Å². The molecule has 0 aliphatic carbocycles. The minimum Gasteiger partial charge on any atom is -0.243 e. The van der Waals surface area contributed by atoms with Crippen molar-refractivity contribution in [3.05, 3.63) is 66.4 Å². The topological polar surface area (TPSA) is 11.3 Å². The molecule has 1 heterocycles. The van der Waals surface area contributed by atoms with Crippen LogP contribution < -0.4 is 0 Å². The second kappa shape index (κ2) is 5.49. The monoisotopic (exact) mass is 417 g/mol. The molecule has 0 aliphatic rings. The van der Waals surface area contributed by atoms with Gasteiger partial charge in [0.2, 0.25) is 0 Å². The SMILES string of the molecule is Cc1[o+]c(-c2ccccc2)[c-]c2ccccc12.[Au+]. The first-order chi connectivity index (χ1) is 8.34. The van der Waals surface area contributed by atoms with Gasteiger partial charge < -0.3 is 0 Å². The fourth-order valence-electron chi connectivity index (χ4n) is 1.98. The van der Waals surface area contributed by atoms with Crippen molar-refractivity contribution in [2.24, 2.45) is 0 Å². The van der Waals surface area contributed by atoms with Gasteiger partial charge >= 0.3 is 22.4 Å². The summed E-state index contributed by atoms with van der Waals surface area (Å²) in [5.41, 5.74) is 1.06. The number of hydrogen-bond acceptors (Lipinski definition) is 0. The van der Waals surface area contributed by atoms with Crippen LogP contribution in [0, 0.1) is 13.0 Å². The van der Waals surface area contributed by atoms with Crippen molar-refractivity contribution < 1.29 is 26.8 Å². The van der Waals surface area contributed by atoms with E-state index in [1.165, 1.54) is 0 Å². The van der Waals surface area contributed by atoms with Crippen LogP contribution in [0.5, 0.6) is 0 Å². The van der Waals surface area contributed by atoms with E-state index < -0.39 is 0 Å². The summed E-state index contributed by atoms with van der Waals surface area (Å²) in [7, 11) is 0. The van der Waals surface area contributed by atoms with E-state index in [2.05, 4.69) is 18.2 Å². The Balaban J connectivity index is 0.00000120. The molecule has 0 aliphatic heterocycles. The van der Waals surface area contributed by atoms with E-state index >= 15 is 0 Å². The van der Waals surface area contributed by atoms with E-state index in [1.54, 1.807) is 0 Å². The van der Waals surface area contributed by atoms with Crippen LogP contribution in [0.2, 0.25) is 0 Å². The molecule has 0 spiro atoms.